The van der Waals surface area contributed by atoms with Gasteiger partial charge in [0.25, 0.3) is 0 Å². The van der Waals surface area contributed by atoms with Gasteiger partial charge in [0.05, 0.1) is 0 Å². The summed E-state index contributed by atoms with van der Waals surface area (Å²) in [6, 6.07) is 0. The van der Waals surface area contributed by atoms with Gasteiger partial charge in [-0.25, -0.2) is 0 Å². The number of thioether (sulfide) groups is 1. The highest BCUT2D eigenvalue weighted by atomic mass is 32.2. The normalized spacial score (nSPS) is 24.1. The minimum absolute atomic E-state index is 0.604. The molecule has 0 aromatic carbocycles. The molecule has 1 aliphatic heterocycles. The molecule has 0 amide bonds. The fourth-order valence-corrected chi connectivity index (χ4v) is 2.17. The standard InChI is InChI=1S/C6H11NO2S/c7-6(5(8)9)1-3-10-4-2-6/h1-4,7H2,(H,8,9). The predicted octanol–water partition coefficient (Wildman–Crippen LogP) is 0.295. The number of carboxylic acids is 1. The van der Waals surface area contributed by atoms with E-state index in [1.165, 1.54) is 0 Å². The van der Waals surface area contributed by atoms with Crippen molar-refractivity contribution >= 4 is 17.7 Å². The molecular formula is C6H11NO2S. The zero-order valence-electron chi connectivity index (χ0n) is 5.67. The number of aliphatic carboxylic acids is 1. The molecule has 0 unspecified atom stereocenters. The number of hydrogen-bond donors (Lipinski definition) is 2. The first-order valence-corrected chi connectivity index (χ1v) is 4.41. The zero-order valence-corrected chi connectivity index (χ0v) is 6.49. The van der Waals surface area contributed by atoms with E-state index in [1.807, 2.05) is 0 Å². The van der Waals surface area contributed by atoms with Crippen molar-refractivity contribution in [1.29, 1.82) is 0 Å². The van der Waals surface area contributed by atoms with Crippen LogP contribution in [0.2, 0.25) is 0 Å². The molecule has 1 fully saturated rings. The summed E-state index contributed by atoms with van der Waals surface area (Å²) in [7, 11) is 0. The minimum atomic E-state index is -0.925. The van der Waals surface area contributed by atoms with Crippen molar-refractivity contribution in [2.75, 3.05) is 11.5 Å². The Morgan fingerprint density at radius 2 is 2.00 bits per heavy atom. The molecule has 58 valence electrons. The van der Waals surface area contributed by atoms with E-state index in [1.54, 1.807) is 11.8 Å². The van der Waals surface area contributed by atoms with Crippen molar-refractivity contribution in [2.45, 2.75) is 18.4 Å². The summed E-state index contributed by atoms with van der Waals surface area (Å²) < 4.78 is 0. The van der Waals surface area contributed by atoms with Crippen LogP contribution in [0.1, 0.15) is 12.8 Å². The van der Waals surface area contributed by atoms with Gasteiger partial charge in [0.1, 0.15) is 5.54 Å². The second-order valence-electron chi connectivity index (χ2n) is 2.57. The predicted molar refractivity (Wildman–Crippen MR) is 41.1 cm³/mol. The van der Waals surface area contributed by atoms with Gasteiger partial charge in [-0.2, -0.15) is 11.8 Å². The maximum atomic E-state index is 10.5. The van der Waals surface area contributed by atoms with Crippen LogP contribution in [0.25, 0.3) is 0 Å². The van der Waals surface area contributed by atoms with Gasteiger partial charge < -0.3 is 10.8 Å². The van der Waals surface area contributed by atoms with Gasteiger partial charge in [-0.05, 0) is 24.3 Å². The molecule has 0 aromatic heterocycles. The van der Waals surface area contributed by atoms with Crippen LogP contribution in [0.15, 0.2) is 0 Å². The third-order valence-corrected chi connectivity index (χ3v) is 2.80. The Labute approximate surface area is 64.0 Å². The molecule has 1 aliphatic rings. The molecule has 1 saturated heterocycles. The van der Waals surface area contributed by atoms with Gasteiger partial charge in [0, 0.05) is 0 Å². The Morgan fingerprint density at radius 3 is 2.30 bits per heavy atom. The molecule has 0 aromatic rings. The van der Waals surface area contributed by atoms with Gasteiger partial charge in [0.2, 0.25) is 0 Å². The van der Waals surface area contributed by atoms with E-state index in [4.69, 9.17) is 10.8 Å². The molecule has 1 heterocycles. The van der Waals surface area contributed by atoms with Crippen LogP contribution in [-0.4, -0.2) is 28.1 Å². The highest BCUT2D eigenvalue weighted by Crippen LogP contribution is 2.24. The van der Waals surface area contributed by atoms with E-state index in [-0.39, 0.29) is 0 Å². The van der Waals surface area contributed by atoms with Gasteiger partial charge in [-0.15, -0.1) is 0 Å². The summed E-state index contributed by atoms with van der Waals surface area (Å²) in [5, 5.41) is 8.66. The van der Waals surface area contributed by atoms with Crippen molar-refractivity contribution in [3.63, 3.8) is 0 Å². The molecule has 0 spiro atoms. The molecule has 4 heteroatoms. The van der Waals surface area contributed by atoms with Crippen LogP contribution in [0.5, 0.6) is 0 Å². The summed E-state index contributed by atoms with van der Waals surface area (Å²) in [5.41, 5.74) is 4.66. The fraction of sp³-hybridized carbons (Fsp3) is 0.833. The van der Waals surface area contributed by atoms with Crippen molar-refractivity contribution in [2.24, 2.45) is 5.73 Å². The van der Waals surface area contributed by atoms with Crippen molar-refractivity contribution in [3.8, 4) is 0 Å². The molecule has 0 aliphatic carbocycles. The lowest BCUT2D eigenvalue weighted by molar-refractivity contribution is -0.143. The van der Waals surface area contributed by atoms with Gasteiger partial charge in [-0.3, -0.25) is 4.79 Å². The Bertz CT molecular complexity index is 143. The second-order valence-corrected chi connectivity index (χ2v) is 3.80. The fourth-order valence-electron chi connectivity index (χ4n) is 0.950. The van der Waals surface area contributed by atoms with E-state index < -0.39 is 11.5 Å². The third-order valence-electron chi connectivity index (χ3n) is 1.81. The van der Waals surface area contributed by atoms with Crippen LogP contribution >= 0.6 is 11.8 Å². The SMILES string of the molecule is NC1(C(=O)O)CCSCC1. The van der Waals surface area contributed by atoms with E-state index in [0.29, 0.717) is 12.8 Å². The smallest absolute Gasteiger partial charge is 0.323 e. The largest absolute Gasteiger partial charge is 0.480 e. The van der Waals surface area contributed by atoms with Crippen molar-refractivity contribution in [1.82, 2.24) is 0 Å². The number of carbonyl (C=O) groups is 1. The van der Waals surface area contributed by atoms with Crippen molar-refractivity contribution < 1.29 is 9.90 Å². The average Bonchev–Trinajstić information content (AvgIpc) is 1.89. The Hall–Kier alpha value is -0.220. The molecule has 0 radical (unpaired) electrons. The van der Waals surface area contributed by atoms with E-state index in [2.05, 4.69) is 0 Å². The lowest BCUT2D eigenvalue weighted by atomic mass is 9.94. The van der Waals surface area contributed by atoms with Gasteiger partial charge >= 0.3 is 5.97 Å². The summed E-state index contributed by atoms with van der Waals surface area (Å²) in [6.45, 7) is 0. The number of rotatable bonds is 1. The first-order chi connectivity index (χ1) is 4.65. The van der Waals surface area contributed by atoms with Crippen LogP contribution in [0, 0.1) is 0 Å². The second kappa shape index (κ2) is 2.80. The zero-order chi connectivity index (χ0) is 7.61. The lowest BCUT2D eigenvalue weighted by Crippen LogP contribution is -2.50. The van der Waals surface area contributed by atoms with E-state index in [0.717, 1.165) is 11.5 Å². The van der Waals surface area contributed by atoms with Crippen LogP contribution in [0.4, 0.5) is 0 Å². The van der Waals surface area contributed by atoms with E-state index in [9.17, 15) is 4.79 Å². The molecule has 3 N–H and O–H groups in total. The number of hydrogen-bond acceptors (Lipinski definition) is 3. The Balaban J connectivity index is 2.56. The highest BCUT2D eigenvalue weighted by molar-refractivity contribution is 7.99. The molecular weight excluding hydrogens is 150 g/mol. The number of carboxylic acid groups (broad SMARTS) is 1. The summed E-state index contributed by atoms with van der Waals surface area (Å²) in [4.78, 5) is 10.5. The van der Waals surface area contributed by atoms with Gasteiger partial charge in [0.15, 0.2) is 0 Å². The summed E-state index contributed by atoms with van der Waals surface area (Å²) in [6.07, 6.45) is 1.21. The maximum Gasteiger partial charge on any atom is 0.323 e. The van der Waals surface area contributed by atoms with Gasteiger partial charge in [-0.1, -0.05) is 0 Å². The third kappa shape index (κ3) is 1.44. The Kier molecular flexibility index (Phi) is 2.21. The topological polar surface area (TPSA) is 63.3 Å². The minimum Gasteiger partial charge on any atom is -0.480 e. The maximum absolute atomic E-state index is 10.5. The molecule has 0 bridgehead atoms. The summed E-state index contributed by atoms with van der Waals surface area (Å²) >= 11 is 1.77. The molecule has 1 rings (SSSR count). The molecule has 0 saturated carbocycles. The lowest BCUT2D eigenvalue weighted by Gasteiger charge is -2.28. The van der Waals surface area contributed by atoms with Crippen LogP contribution in [0.3, 0.4) is 0 Å². The summed E-state index contributed by atoms with van der Waals surface area (Å²) in [5.74, 6) is 0.902. The monoisotopic (exact) mass is 161 g/mol. The quantitative estimate of drug-likeness (QED) is 0.580. The number of nitrogens with two attached hydrogens (primary N) is 1. The van der Waals surface area contributed by atoms with Crippen LogP contribution < -0.4 is 5.73 Å². The first-order valence-electron chi connectivity index (χ1n) is 3.25. The Morgan fingerprint density at radius 1 is 1.50 bits per heavy atom. The van der Waals surface area contributed by atoms with Crippen molar-refractivity contribution in [3.05, 3.63) is 0 Å². The molecule has 0 atom stereocenters. The molecule has 10 heavy (non-hydrogen) atoms. The average molecular weight is 161 g/mol. The first kappa shape index (κ1) is 7.88. The molecule has 3 nitrogen and oxygen atoms in total. The van der Waals surface area contributed by atoms with E-state index >= 15 is 0 Å². The highest BCUT2D eigenvalue weighted by Gasteiger charge is 2.35. The van der Waals surface area contributed by atoms with Crippen LogP contribution in [-0.2, 0) is 4.79 Å².